The molecule has 3 aliphatic rings. The SMILES string of the molecule is Nc1cc(O)c2c(c1OCc1ccc(CN3CCOCC3)cc1)C(N)(N)N(C1CCC(=O)NC1=O)C2=O. The molecule has 3 heterocycles. The number of anilines is 1. The molecule has 37 heavy (non-hydrogen) atoms. The summed E-state index contributed by atoms with van der Waals surface area (Å²) in [5, 5.41) is 12.8. The number of nitrogen functional groups attached to an aromatic ring is 1. The largest absolute Gasteiger partial charge is 0.507 e. The predicted molar refractivity (Wildman–Crippen MR) is 132 cm³/mol. The summed E-state index contributed by atoms with van der Waals surface area (Å²) in [6, 6.07) is 8.01. The topological polar surface area (TPSA) is 186 Å². The number of nitrogens with one attached hydrogen (secondary N) is 1. The Bertz CT molecular complexity index is 1240. The molecule has 0 aliphatic carbocycles. The number of hydrogen-bond donors (Lipinski definition) is 5. The first kappa shape index (κ1) is 25.0. The van der Waals surface area contributed by atoms with Gasteiger partial charge in [0.05, 0.1) is 30.0 Å². The van der Waals surface area contributed by atoms with Crippen LogP contribution in [0, 0.1) is 0 Å². The summed E-state index contributed by atoms with van der Waals surface area (Å²) >= 11 is 0. The van der Waals surface area contributed by atoms with Gasteiger partial charge in [-0.2, -0.15) is 0 Å². The lowest BCUT2D eigenvalue weighted by Gasteiger charge is -2.38. The molecule has 12 heteroatoms. The third kappa shape index (κ3) is 4.60. The Morgan fingerprint density at radius 2 is 1.78 bits per heavy atom. The van der Waals surface area contributed by atoms with Gasteiger partial charge >= 0.3 is 0 Å². The van der Waals surface area contributed by atoms with Crippen molar-refractivity contribution in [2.24, 2.45) is 11.5 Å². The first-order valence-electron chi connectivity index (χ1n) is 12.1. The van der Waals surface area contributed by atoms with Gasteiger partial charge in [-0.3, -0.25) is 41.0 Å². The average molecular weight is 511 g/mol. The maximum Gasteiger partial charge on any atom is 0.261 e. The van der Waals surface area contributed by atoms with E-state index < -0.39 is 35.3 Å². The number of amides is 3. The highest BCUT2D eigenvalue weighted by Crippen LogP contribution is 2.47. The van der Waals surface area contributed by atoms with Gasteiger partial charge in [0.25, 0.3) is 5.91 Å². The normalized spacial score (nSPS) is 21.6. The molecule has 2 aromatic carbocycles. The van der Waals surface area contributed by atoms with Crippen molar-refractivity contribution in [3.8, 4) is 11.5 Å². The van der Waals surface area contributed by atoms with E-state index in [1.807, 2.05) is 24.3 Å². The monoisotopic (exact) mass is 510 g/mol. The van der Waals surface area contributed by atoms with Crippen LogP contribution < -0.4 is 27.3 Å². The zero-order valence-corrected chi connectivity index (χ0v) is 20.2. The van der Waals surface area contributed by atoms with Crippen LogP contribution >= 0.6 is 0 Å². The third-order valence-electron chi connectivity index (χ3n) is 6.96. The molecule has 1 atom stereocenters. The van der Waals surface area contributed by atoms with Gasteiger partial charge in [0, 0.05) is 32.1 Å². The molecule has 0 radical (unpaired) electrons. The van der Waals surface area contributed by atoms with Crippen LogP contribution in [0.4, 0.5) is 5.69 Å². The number of phenolic OH excluding ortho intramolecular Hbond substituents is 1. The van der Waals surface area contributed by atoms with Crippen molar-refractivity contribution in [3.63, 3.8) is 0 Å². The molecule has 8 N–H and O–H groups in total. The Kier molecular flexibility index (Phi) is 6.50. The van der Waals surface area contributed by atoms with Crippen LogP contribution in [0.3, 0.4) is 0 Å². The number of nitrogens with two attached hydrogens (primary N) is 3. The molecule has 2 aromatic rings. The van der Waals surface area contributed by atoms with Crippen LogP contribution in [0.5, 0.6) is 11.5 Å². The standard InChI is InChI=1S/C25H30N6O6/c26-16-11-18(32)20-21(25(27,28)31(24(20)35)17-5-6-19(33)29-23(17)34)22(16)37-13-15-3-1-14(2-4-15)12-30-7-9-36-10-8-30/h1-4,11,17,32H,5-10,12-13,26-28H2,(H,29,33,34). The van der Waals surface area contributed by atoms with Gasteiger partial charge in [-0.05, 0) is 17.5 Å². The molecule has 0 spiro atoms. The maximum absolute atomic E-state index is 13.3. The Balaban J connectivity index is 1.38. The number of hydrogen-bond acceptors (Lipinski definition) is 10. The van der Waals surface area contributed by atoms with Gasteiger partial charge in [0.15, 0.2) is 11.5 Å². The van der Waals surface area contributed by atoms with E-state index in [-0.39, 0.29) is 42.0 Å². The van der Waals surface area contributed by atoms with Gasteiger partial charge in [-0.25, -0.2) is 0 Å². The van der Waals surface area contributed by atoms with Crippen molar-refractivity contribution >= 4 is 23.4 Å². The van der Waals surface area contributed by atoms with Gasteiger partial charge < -0.3 is 20.3 Å². The van der Waals surface area contributed by atoms with Crippen molar-refractivity contribution in [1.29, 1.82) is 0 Å². The lowest BCUT2D eigenvalue weighted by atomic mass is 10.0. The van der Waals surface area contributed by atoms with Crippen molar-refractivity contribution in [3.05, 3.63) is 52.6 Å². The number of aromatic hydroxyl groups is 1. The van der Waals surface area contributed by atoms with Crippen LogP contribution in [0.1, 0.15) is 39.9 Å². The fourth-order valence-corrected chi connectivity index (χ4v) is 5.08. The first-order chi connectivity index (χ1) is 17.7. The molecule has 2 saturated heterocycles. The van der Waals surface area contributed by atoms with E-state index in [1.165, 1.54) is 6.07 Å². The molecule has 3 aliphatic heterocycles. The highest BCUT2D eigenvalue weighted by molar-refractivity contribution is 6.08. The van der Waals surface area contributed by atoms with Crippen LogP contribution in [-0.2, 0) is 33.3 Å². The van der Waals surface area contributed by atoms with E-state index in [1.54, 1.807) is 0 Å². The number of nitrogens with zero attached hydrogens (tertiary/aromatic N) is 2. The Labute approximate surface area is 213 Å². The molecule has 0 aromatic heterocycles. The summed E-state index contributed by atoms with van der Waals surface area (Å²) < 4.78 is 11.4. The maximum atomic E-state index is 13.3. The minimum atomic E-state index is -2.01. The van der Waals surface area contributed by atoms with Crippen molar-refractivity contribution in [2.75, 3.05) is 32.0 Å². The van der Waals surface area contributed by atoms with E-state index >= 15 is 0 Å². The number of carbonyl (C=O) groups excluding carboxylic acids is 3. The summed E-state index contributed by atoms with van der Waals surface area (Å²) in [5.74, 6) is -4.27. The Morgan fingerprint density at radius 3 is 2.46 bits per heavy atom. The lowest BCUT2D eigenvalue weighted by Crippen LogP contribution is -2.65. The number of phenols is 1. The van der Waals surface area contributed by atoms with E-state index in [0.717, 1.165) is 48.9 Å². The second-order valence-electron chi connectivity index (χ2n) is 9.53. The zero-order valence-electron chi connectivity index (χ0n) is 20.2. The second kappa shape index (κ2) is 9.63. The summed E-state index contributed by atoms with van der Waals surface area (Å²) in [6.45, 7) is 4.18. The van der Waals surface area contributed by atoms with Crippen LogP contribution in [0.25, 0.3) is 0 Å². The molecule has 0 saturated carbocycles. The van der Waals surface area contributed by atoms with Crippen molar-refractivity contribution in [1.82, 2.24) is 15.1 Å². The van der Waals surface area contributed by atoms with Crippen LogP contribution in [0.15, 0.2) is 30.3 Å². The fourth-order valence-electron chi connectivity index (χ4n) is 5.08. The van der Waals surface area contributed by atoms with Gasteiger partial charge in [0.1, 0.15) is 18.4 Å². The second-order valence-corrected chi connectivity index (χ2v) is 9.53. The molecular weight excluding hydrogens is 480 g/mol. The van der Waals surface area contributed by atoms with E-state index in [9.17, 15) is 19.5 Å². The van der Waals surface area contributed by atoms with E-state index in [0.29, 0.717) is 0 Å². The Morgan fingerprint density at radius 1 is 1.11 bits per heavy atom. The molecule has 1 unspecified atom stereocenters. The molecule has 0 bridgehead atoms. The molecular formula is C25H30N6O6. The number of carbonyl (C=O) groups is 3. The number of piperidine rings is 1. The van der Waals surface area contributed by atoms with Crippen molar-refractivity contribution in [2.45, 2.75) is 37.8 Å². The number of rotatable bonds is 6. The van der Waals surface area contributed by atoms with Crippen LogP contribution in [-0.4, -0.2) is 65.0 Å². The smallest absolute Gasteiger partial charge is 0.261 e. The molecule has 12 nitrogen and oxygen atoms in total. The molecule has 5 rings (SSSR count). The summed E-state index contributed by atoms with van der Waals surface area (Å²) in [4.78, 5) is 40.8. The predicted octanol–water partition coefficient (Wildman–Crippen LogP) is -0.326. The summed E-state index contributed by atoms with van der Waals surface area (Å²) in [6.07, 6.45) is 0.0649. The zero-order chi connectivity index (χ0) is 26.3. The molecule has 196 valence electrons. The quantitative estimate of drug-likeness (QED) is 0.196. The van der Waals surface area contributed by atoms with Gasteiger partial charge in [-0.15, -0.1) is 0 Å². The first-order valence-corrected chi connectivity index (χ1v) is 12.1. The fraction of sp³-hybridized carbons (Fsp3) is 0.400. The molecule has 3 amide bonds. The highest BCUT2D eigenvalue weighted by atomic mass is 16.5. The minimum absolute atomic E-state index is 0.0105. The van der Waals surface area contributed by atoms with Crippen LogP contribution in [0.2, 0.25) is 0 Å². The highest BCUT2D eigenvalue weighted by Gasteiger charge is 2.54. The van der Waals surface area contributed by atoms with Gasteiger partial charge in [-0.1, -0.05) is 24.3 Å². The number of imide groups is 1. The van der Waals surface area contributed by atoms with E-state index in [4.69, 9.17) is 26.7 Å². The summed E-state index contributed by atoms with van der Waals surface area (Å²) in [5.41, 5.74) is 20.9. The number of fused-ring (bicyclic) bond motifs is 1. The van der Waals surface area contributed by atoms with E-state index in [2.05, 4.69) is 10.2 Å². The average Bonchev–Trinajstić information content (AvgIpc) is 3.06. The van der Waals surface area contributed by atoms with Gasteiger partial charge in [0.2, 0.25) is 11.8 Å². The third-order valence-corrected chi connectivity index (χ3v) is 6.96. The molecule has 2 fully saturated rings. The van der Waals surface area contributed by atoms with Crippen molar-refractivity contribution < 1.29 is 29.0 Å². The lowest BCUT2D eigenvalue weighted by molar-refractivity contribution is -0.138. The number of morpholine rings is 1. The number of ether oxygens (including phenoxy) is 2. The number of benzene rings is 2. The Hall–Kier alpha value is -3.71. The summed E-state index contributed by atoms with van der Waals surface area (Å²) in [7, 11) is 0. The minimum Gasteiger partial charge on any atom is -0.507 e.